The van der Waals surface area contributed by atoms with Crippen LogP contribution in [0.3, 0.4) is 0 Å². The maximum atomic E-state index is 11.9. The van der Waals surface area contributed by atoms with Gasteiger partial charge in [0.25, 0.3) is 5.91 Å². The van der Waals surface area contributed by atoms with Crippen molar-refractivity contribution in [3.05, 3.63) is 47.0 Å². The first kappa shape index (κ1) is 15.7. The fourth-order valence-corrected chi connectivity index (χ4v) is 2.10. The van der Waals surface area contributed by atoms with Crippen molar-refractivity contribution >= 4 is 11.9 Å². The molecule has 2 N–H and O–H groups in total. The summed E-state index contributed by atoms with van der Waals surface area (Å²) in [4.78, 5) is 26.5. The van der Waals surface area contributed by atoms with Crippen molar-refractivity contribution in [2.75, 3.05) is 6.54 Å². The van der Waals surface area contributed by atoms with Crippen molar-refractivity contribution in [3.8, 4) is 0 Å². The molecule has 0 unspecified atom stereocenters. The molecule has 22 heavy (non-hydrogen) atoms. The van der Waals surface area contributed by atoms with Gasteiger partial charge in [-0.25, -0.2) is 9.78 Å². The maximum Gasteiger partial charge on any atom is 0.354 e. The Morgan fingerprint density at radius 3 is 2.64 bits per heavy atom. The number of aryl methyl sites for hydroxylation is 3. The SMILES string of the molecule is Cc1cc(C)n(CCCNC(=O)c2cccc(C(=O)O)n2)n1. The molecule has 0 aliphatic carbocycles. The van der Waals surface area contributed by atoms with Gasteiger partial charge < -0.3 is 10.4 Å². The van der Waals surface area contributed by atoms with Gasteiger partial charge in [0.2, 0.25) is 0 Å². The Bertz CT molecular complexity index is 694. The van der Waals surface area contributed by atoms with E-state index < -0.39 is 5.97 Å². The molecule has 0 radical (unpaired) electrons. The molecular formula is C15H18N4O3. The predicted molar refractivity (Wildman–Crippen MR) is 79.8 cm³/mol. The molecule has 0 bridgehead atoms. The summed E-state index contributed by atoms with van der Waals surface area (Å²) in [5.41, 5.74) is 2.01. The highest BCUT2D eigenvalue weighted by molar-refractivity contribution is 5.94. The molecule has 2 heterocycles. The van der Waals surface area contributed by atoms with E-state index in [0.717, 1.165) is 17.8 Å². The Morgan fingerprint density at radius 1 is 1.27 bits per heavy atom. The fourth-order valence-electron chi connectivity index (χ4n) is 2.10. The zero-order valence-corrected chi connectivity index (χ0v) is 12.5. The van der Waals surface area contributed by atoms with E-state index in [9.17, 15) is 9.59 Å². The minimum atomic E-state index is -1.15. The van der Waals surface area contributed by atoms with Crippen molar-refractivity contribution in [1.29, 1.82) is 0 Å². The molecule has 116 valence electrons. The normalized spacial score (nSPS) is 10.5. The summed E-state index contributed by atoms with van der Waals surface area (Å²) in [6.07, 6.45) is 0.728. The lowest BCUT2D eigenvalue weighted by Gasteiger charge is -2.06. The quantitative estimate of drug-likeness (QED) is 0.786. The number of aromatic carboxylic acids is 1. The molecule has 1 amide bonds. The van der Waals surface area contributed by atoms with Gasteiger partial charge in [0.1, 0.15) is 11.4 Å². The number of carbonyl (C=O) groups excluding carboxylic acids is 1. The number of nitrogens with one attached hydrogen (secondary N) is 1. The number of amides is 1. The molecule has 0 saturated carbocycles. The second-order valence-electron chi connectivity index (χ2n) is 4.97. The van der Waals surface area contributed by atoms with E-state index >= 15 is 0 Å². The number of carboxylic acid groups (broad SMARTS) is 1. The summed E-state index contributed by atoms with van der Waals surface area (Å²) in [5, 5.41) is 15.9. The van der Waals surface area contributed by atoms with Crippen molar-refractivity contribution in [1.82, 2.24) is 20.1 Å². The average molecular weight is 302 g/mol. The van der Waals surface area contributed by atoms with Crippen LogP contribution in [0.4, 0.5) is 0 Å². The minimum absolute atomic E-state index is 0.103. The summed E-state index contributed by atoms with van der Waals surface area (Å²) in [5.74, 6) is -1.53. The van der Waals surface area contributed by atoms with Crippen molar-refractivity contribution < 1.29 is 14.7 Å². The second-order valence-corrected chi connectivity index (χ2v) is 4.97. The number of aromatic nitrogens is 3. The van der Waals surface area contributed by atoms with Crippen LogP contribution in [0.25, 0.3) is 0 Å². The van der Waals surface area contributed by atoms with Gasteiger partial charge >= 0.3 is 5.97 Å². The van der Waals surface area contributed by atoms with Gasteiger partial charge in [-0.15, -0.1) is 0 Å². The van der Waals surface area contributed by atoms with E-state index in [2.05, 4.69) is 15.4 Å². The third kappa shape index (κ3) is 3.91. The number of carbonyl (C=O) groups is 2. The molecule has 0 atom stereocenters. The second kappa shape index (κ2) is 6.84. The lowest BCUT2D eigenvalue weighted by molar-refractivity contribution is 0.0690. The van der Waals surface area contributed by atoms with Gasteiger partial charge in [-0.2, -0.15) is 5.10 Å². The van der Waals surface area contributed by atoms with Crippen LogP contribution in [-0.2, 0) is 6.54 Å². The van der Waals surface area contributed by atoms with E-state index in [-0.39, 0.29) is 17.3 Å². The van der Waals surface area contributed by atoms with E-state index in [1.807, 2.05) is 24.6 Å². The first-order chi connectivity index (χ1) is 10.5. The van der Waals surface area contributed by atoms with E-state index in [1.165, 1.54) is 18.2 Å². The Labute approximate surface area is 128 Å². The highest BCUT2D eigenvalue weighted by Gasteiger charge is 2.10. The van der Waals surface area contributed by atoms with Gasteiger partial charge in [-0.05, 0) is 38.5 Å². The zero-order chi connectivity index (χ0) is 16.1. The maximum absolute atomic E-state index is 11.9. The largest absolute Gasteiger partial charge is 0.477 e. The summed E-state index contributed by atoms with van der Waals surface area (Å²) in [6.45, 7) is 5.10. The Hall–Kier alpha value is -2.70. The third-order valence-corrected chi connectivity index (χ3v) is 3.14. The van der Waals surface area contributed by atoms with E-state index in [1.54, 1.807) is 0 Å². The Balaban J connectivity index is 1.84. The molecule has 0 fully saturated rings. The monoisotopic (exact) mass is 302 g/mol. The third-order valence-electron chi connectivity index (χ3n) is 3.14. The van der Waals surface area contributed by atoms with Crippen LogP contribution in [0.5, 0.6) is 0 Å². The molecule has 2 rings (SSSR count). The van der Waals surface area contributed by atoms with Crippen molar-refractivity contribution in [2.24, 2.45) is 0 Å². The van der Waals surface area contributed by atoms with E-state index in [4.69, 9.17) is 5.11 Å². The van der Waals surface area contributed by atoms with Gasteiger partial charge in [0.15, 0.2) is 0 Å². The highest BCUT2D eigenvalue weighted by atomic mass is 16.4. The topological polar surface area (TPSA) is 97.1 Å². The molecule has 7 heteroatoms. The average Bonchev–Trinajstić information content (AvgIpc) is 2.81. The smallest absolute Gasteiger partial charge is 0.354 e. The number of hydrogen-bond donors (Lipinski definition) is 2. The zero-order valence-electron chi connectivity index (χ0n) is 12.5. The number of carboxylic acids is 1. The van der Waals surface area contributed by atoms with Crippen LogP contribution in [0.2, 0.25) is 0 Å². The minimum Gasteiger partial charge on any atom is -0.477 e. The molecule has 2 aromatic heterocycles. The standard InChI is InChI=1S/C15H18N4O3/c1-10-9-11(2)19(18-10)8-4-7-16-14(20)12-5-3-6-13(17-12)15(21)22/h3,5-6,9H,4,7-8H2,1-2H3,(H,16,20)(H,21,22). The van der Waals surface area contributed by atoms with Crippen LogP contribution in [0.1, 0.15) is 38.8 Å². The number of rotatable bonds is 6. The molecule has 2 aromatic rings. The van der Waals surface area contributed by atoms with Gasteiger partial charge in [-0.3, -0.25) is 9.48 Å². The van der Waals surface area contributed by atoms with Crippen LogP contribution < -0.4 is 5.32 Å². The molecule has 0 aliphatic heterocycles. The van der Waals surface area contributed by atoms with Crippen LogP contribution in [0, 0.1) is 13.8 Å². The van der Waals surface area contributed by atoms with Crippen molar-refractivity contribution in [3.63, 3.8) is 0 Å². The number of hydrogen-bond acceptors (Lipinski definition) is 4. The summed E-state index contributed by atoms with van der Waals surface area (Å²) in [7, 11) is 0. The Morgan fingerprint density at radius 2 is 2.00 bits per heavy atom. The van der Waals surface area contributed by atoms with Crippen LogP contribution in [-0.4, -0.2) is 38.3 Å². The summed E-state index contributed by atoms with van der Waals surface area (Å²) in [6, 6.07) is 6.34. The predicted octanol–water partition coefficient (Wildman–Crippen LogP) is 1.41. The first-order valence-electron chi connectivity index (χ1n) is 6.97. The number of pyridine rings is 1. The molecular weight excluding hydrogens is 284 g/mol. The molecule has 0 saturated heterocycles. The highest BCUT2D eigenvalue weighted by Crippen LogP contribution is 2.03. The number of nitrogens with zero attached hydrogens (tertiary/aromatic N) is 3. The van der Waals surface area contributed by atoms with Gasteiger partial charge in [-0.1, -0.05) is 6.07 Å². The first-order valence-corrected chi connectivity index (χ1v) is 6.97. The molecule has 0 aromatic carbocycles. The van der Waals surface area contributed by atoms with Gasteiger partial charge in [0.05, 0.1) is 5.69 Å². The molecule has 0 aliphatic rings. The summed E-state index contributed by atoms with van der Waals surface area (Å²) < 4.78 is 1.89. The fraction of sp³-hybridized carbons (Fsp3) is 0.333. The summed E-state index contributed by atoms with van der Waals surface area (Å²) >= 11 is 0. The van der Waals surface area contributed by atoms with Crippen LogP contribution >= 0.6 is 0 Å². The molecule has 7 nitrogen and oxygen atoms in total. The van der Waals surface area contributed by atoms with Gasteiger partial charge in [0, 0.05) is 18.8 Å². The van der Waals surface area contributed by atoms with Crippen LogP contribution in [0.15, 0.2) is 24.3 Å². The van der Waals surface area contributed by atoms with Crippen molar-refractivity contribution in [2.45, 2.75) is 26.8 Å². The molecule has 0 spiro atoms. The van der Waals surface area contributed by atoms with E-state index in [0.29, 0.717) is 13.1 Å². The lowest BCUT2D eigenvalue weighted by atomic mass is 10.3. The Kier molecular flexibility index (Phi) is 4.88. The lowest BCUT2D eigenvalue weighted by Crippen LogP contribution is -2.26.